The Bertz CT molecular complexity index is 733. The zero-order chi connectivity index (χ0) is 16.6. The molecule has 0 saturated heterocycles. The van der Waals surface area contributed by atoms with Crippen molar-refractivity contribution < 1.29 is 18.7 Å². The minimum absolute atomic E-state index is 0.0964. The number of hydrogen-bond acceptors (Lipinski definition) is 4. The van der Waals surface area contributed by atoms with Gasteiger partial charge in [0.05, 0.1) is 6.54 Å². The molecule has 2 N–H and O–H groups in total. The van der Waals surface area contributed by atoms with Gasteiger partial charge in [-0.25, -0.2) is 8.78 Å². The van der Waals surface area contributed by atoms with Crippen LogP contribution in [-0.4, -0.2) is 25.8 Å². The van der Waals surface area contributed by atoms with Crippen LogP contribution in [0.5, 0.6) is 5.75 Å². The van der Waals surface area contributed by atoms with E-state index in [1.54, 1.807) is 0 Å². The van der Waals surface area contributed by atoms with E-state index in [0.717, 1.165) is 30.8 Å². The Morgan fingerprint density at radius 3 is 2.57 bits per heavy atom. The van der Waals surface area contributed by atoms with Gasteiger partial charge in [-0.05, 0) is 25.0 Å². The second kappa shape index (κ2) is 5.94. The van der Waals surface area contributed by atoms with Crippen LogP contribution in [0.2, 0.25) is 0 Å². The minimum atomic E-state index is -1.18. The van der Waals surface area contributed by atoms with Crippen molar-refractivity contribution in [1.29, 1.82) is 0 Å². The highest BCUT2D eigenvalue weighted by Gasteiger charge is 2.25. The second-order valence-corrected chi connectivity index (χ2v) is 5.63. The molecular formula is C15H16F2N4O2. The Labute approximate surface area is 131 Å². The molecule has 1 saturated carbocycles. The van der Waals surface area contributed by atoms with Gasteiger partial charge in [0.2, 0.25) is 0 Å². The lowest BCUT2D eigenvalue weighted by Crippen LogP contribution is -2.25. The maximum atomic E-state index is 13.3. The number of nitrogens with one attached hydrogen (secondary N) is 1. The Kier molecular flexibility index (Phi) is 3.97. The predicted octanol–water partition coefficient (Wildman–Crippen LogP) is 2.00. The number of carbonyl (C=O) groups excluding carboxylic acids is 1. The highest BCUT2D eigenvalue weighted by molar-refractivity contribution is 5.94. The molecule has 2 aromatic rings. The first-order chi connectivity index (χ1) is 11.0. The normalized spacial score (nSPS) is 14.6. The first-order valence-corrected chi connectivity index (χ1v) is 7.31. The summed E-state index contributed by atoms with van der Waals surface area (Å²) in [5, 5.41) is 19.8. The number of amides is 1. The lowest BCUT2D eigenvalue weighted by molar-refractivity contribution is 0.0948. The fraction of sp³-hybridized carbons (Fsp3) is 0.400. The zero-order valence-corrected chi connectivity index (χ0v) is 12.5. The van der Waals surface area contributed by atoms with Crippen molar-refractivity contribution in [3.63, 3.8) is 0 Å². The lowest BCUT2D eigenvalue weighted by Gasteiger charge is -2.24. The average molecular weight is 322 g/mol. The Hall–Kier alpha value is -2.51. The van der Waals surface area contributed by atoms with Gasteiger partial charge in [0, 0.05) is 18.5 Å². The minimum Gasteiger partial charge on any atom is -0.503 e. The van der Waals surface area contributed by atoms with Crippen LogP contribution in [0.1, 0.15) is 47.2 Å². The predicted molar refractivity (Wildman–Crippen MR) is 76.8 cm³/mol. The van der Waals surface area contributed by atoms with E-state index >= 15 is 0 Å². The number of nitrogens with zero attached hydrogens (tertiary/aromatic N) is 3. The standard InChI is InChI=1S/C15H16F2N4O2/c1-21-12(19-20-14(21)8-3-2-4-8)7-18-15(23)9-5-10(16)13(22)11(17)6-9/h5-6,8,22H,2-4,7H2,1H3,(H,18,23). The summed E-state index contributed by atoms with van der Waals surface area (Å²) in [5.74, 6) is -2.24. The van der Waals surface area contributed by atoms with Crippen molar-refractivity contribution >= 4 is 5.91 Å². The van der Waals surface area contributed by atoms with Gasteiger partial charge >= 0.3 is 0 Å². The molecule has 23 heavy (non-hydrogen) atoms. The molecule has 1 aliphatic rings. The molecule has 122 valence electrons. The van der Waals surface area contributed by atoms with Gasteiger partial charge in [-0.15, -0.1) is 10.2 Å². The van der Waals surface area contributed by atoms with E-state index in [-0.39, 0.29) is 12.1 Å². The van der Waals surface area contributed by atoms with Crippen LogP contribution in [-0.2, 0) is 13.6 Å². The molecule has 0 radical (unpaired) electrons. The quantitative estimate of drug-likeness (QED) is 0.902. The molecule has 0 aliphatic heterocycles. The van der Waals surface area contributed by atoms with Crippen molar-refractivity contribution in [2.45, 2.75) is 31.7 Å². The fourth-order valence-corrected chi connectivity index (χ4v) is 2.51. The molecule has 1 amide bonds. The van der Waals surface area contributed by atoms with Crippen LogP contribution >= 0.6 is 0 Å². The summed E-state index contributed by atoms with van der Waals surface area (Å²) in [6, 6.07) is 1.56. The third-order valence-corrected chi connectivity index (χ3v) is 4.16. The van der Waals surface area contributed by atoms with E-state index in [4.69, 9.17) is 5.11 Å². The number of carbonyl (C=O) groups is 1. The van der Waals surface area contributed by atoms with Crippen LogP contribution in [0.4, 0.5) is 8.78 Å². The van der Waals surface area contributed by atoms with Crippen LogP contribution in [0, 0.1) is 11.6 Å². The van der Waals surface area contributed by atoms with Gasteiger partial charge in [-0.1, -0.05) is 6.42 Å². The first-order valence-electron chi connectivity index (χ1n) is 7.31. The van der Waals surface area contributed by atoms with Gasteiger partial charge in [0.25, 0.3) is 5.91 Å². The molecule has 1 aromatic heterocycles. The summed E-state index contributed by atoms with van der Waals surface area (Å²) >= 11 is 0. The molecule has 0 spiro atoms. The molecule has 0 unspecified atom stereocenters. The van der Waals surface area contributed by atoms with E-state index < -0.39 is 23.3 Å². The monoisotopic (exact) mass is 322 g/mol. The molecule has 6 nitrogen and oxygen atoms in total. The van der Waals surface area contributed by atoms with Gasteiger partial charge in [-0.3, -0.25) is 4.79 Å². The van der Waals surface area contributed by atoms with Crippen molar-refractivity contribution in [1.82, 2.24) is 20.1 Å². The number of halogens is 2. The van der Waals surface area contributed by atoms with E-state index in [2.05, 4.69) is 15.5 Å². The summed E-state index contributed by atoms with van der Waals surface area (Å²) < 4.78 is 28.4. The van der Waals surface area contributed by atoms with Gasteiger partial charge < -0.3 is 15.0 Å². The molecule has 1 aromatic carbocycles. The maximum Gasteiger partial charge on any atom is 0.251 e. The molecule has 1 fully saturated rings. The van der Waals surface area contributed by atoms with Crippen LogP contribution in [0.25, 0.3) is 0 Å². The second-order valence-electron chi connectivity index (χ2n) is 5.63. The Balaban J connectivity index is 1.68. The van der Waals surface area contributed by atoms with Crippen molar-refractivity contribution in [3.8, 4) is 5.75 Å². The van der Waals surface area contributed by atoms with E-state index in [1.807, 2.05) is 11.6 Å². The summed E-state index contributed by atoms with van der Waals surface area (Å²) in [5.41, 5.74) is -0.209. The van der Waals surface area contributed by atoms with Crippen molar-refractivity contribution in [3.05, 3.63) is 41.0 Å². The van der Waals surface area contributed by atoms with Gasteiger partial charge in [0.15, 0.2) is 23.2 Å². The van der Waals surface area contributed by atoms with E-state index in [1.165, 1.54) is 6.42 Å². The Morgan fingerprint density at radius 1 is 1.35 bits per heavy atom. The summed E-state index contributed by atoms with van der Waals surface area (Å²) in [7, 11) is 1.83. The fourth-order valence-electron chi connectivity index (χ4n) is 2.51. The molecule has 8 heteroatoms. The van der Waals surface area contributed by atoms with Crippen LogP contribution in [0.3, 0.4) is 0 Å². The summed E-state index contributed by atoms with van der Waals surface area (Å²) in [6.07, 6.45) is 3.36. The lowest BCUT2D eigenvalue weighted by atomic mass is 9.85. The topological polar surface area (TPSA) is 80.0 Å². The summed E-state index contributed by atoms with van der Waals surface area (Å²) in [4.78, 5) is 12.0. The third-order valence-electron chi connectivity index (χ3n) is 4.16. The number of hydrogen-bond donors (Lipinski definition) is 2. The molecule has 0 atom stereocenters. The molecule has 3 rings (SSSR count). The smallest absolute Gasteiger partial charge is 0.251 e. The van der Waals surface area contributed by atoms with Crippen LogP contribution < -0.4 is 5.32 Å². The number of benzene rings is 1. The highest BCUT2D eigenvalue weighted by atomic mass is 19.1. The maximum absolute atomic E-state index is 13.3. The molecule has 0 bridgehead atoms. The first kappa shape index (κ1) is 15.4. The number of rotatable bonds is 4. The molecule has 1 aliphatic carbocycles. The number of aromatic hydroxyl groups is 1. The average Bonchev–Trinajstić information content (AvgIpc) is 2.81. The van der Waals surface area contributed by atoms with Crippen molar-refractivity contribution in [2.75, 3.05) is 0 Å². The number of aromatic nitrogens is 3. The highest BCUT2D eigenvalue weighted by Crippen LogP contribution is 2.35. The third kappa shape index (κ3) is 2.88. The number of phenolic OH excluding ortho intramolecular Hbond substituents is 1. The van der Waals surface area contributed by atoms with Gasteiger partial charge in [0.1, 0.15) is 5.82 Å². The number of phenols is 1. The Morgan fingerprint density at radius 2 is 2.00 bits per heavy atom. The molecule has 1 heterocycles. The SMILES string of the molecule is Cn1c(CNC(=O)c2cc(F)c(O)c(F)c2)nnc1C1CCC1. The van der Waals surface area contributed by atoms with E-state index in [0.29, 0.717) is 11.7 Å². The largest absolute Gasteiger partial charge is 0.503 e. The van der Waals surface area contributed by atoms with Crippen LogP contribution in [0.15, 0.2) is 12.1 Å². The summed E-state index contributed by atoms with van der Waals surface area (Å²) in [6.45, 7) is 0.0964. The molecular weight excluding hydrogens is 306 g/mol. The van der Waals surface area contributed by atoms with E-state index in [9.17, 15) is 13.6 Å². The van der Waals surface area contributed by atoms with Gasteiger partial charge in [-0.2, -0.15) is 0 Å². The van der Waals surface area contributed by atoms with Crippen molar-refractivity contribution in [2.24, 2.45) is 7.05 Å². The zero-order valence-electron chi connectivity index (χ0n) is 12.5.